The van der Waals surface area contributed by atoms with Gasteiger partial charge in [-0.25, -0.2) is 0 Å². The van der Waals surface area contributed by atoms with Gasteiger partial charge < -0.3 is 10.6 Å². The number of nitrogens with one attached hydrogen (secondary N) is 1. The first-order valence-corrected chi connectivity index (χ1v) is 5.33. The summed E-state index contributed by atoms with van der Waals surface area (Å²) in [6.07, 6.45) is 4.83. The van der Waals surface area contributed by atoms with Crippen LogP contribution in [0.4, 0.5) is 0 Å². The highest BCUT2D eigenvalue weighted by molar-refractivity contribution is 5.92. The van der Waals surface area contributed by atoms with Gasteiger partial charge >= 0.3 is 0 Å². The Morgan fingerprint density at radius 2 is 2.44 bits per heavy atom. The zero-order valence-electron chi connectivity index (χ0n) is 9.06. The number of aromatic amines is 1. The zero-order valence-corrected chi connectivity index (χ0v) is 9.87. The lowest BCUT2D eigenvalue weighted by Crippen LogP contribution is -2.47. The fourth-order valence-electron chi connectivity index (χ4n) is 2.04. The molecule has 0 radical (unpaired) electrons. The Morgan fingerprint density at radius 1 is 1.62 bits per heavy atom. The smallest absolute Gasteiger partial charge is 0.272 e. The Labute approximate surface area is 101 Å². The summed E-state index contributed by atoms with van der Waals surface area (Å²) in [7, 11) is 0. The first-order valence-electron chi connectivity index (χ1n) is 5.33. The minimum absolute atomic E-state index is 0. The molecule has 1 amide bonds. The summed E-state index contributed by atoms with van der Waals surface area (Å²) in [4.78, 5) is 13.9. The van der Waals surface area contributed by atoms with Gasteiger partial charge in [0, 0.05) is 25.3 Å². The number of H-pyrrole nitrogens is 1. The topological polar surface area (TPSA) is 75.0 Å². The van der Waals surface area contributed by atoms with E-state index in [0.29, 0.717) is 12.2 Å². The molecule has 1 atom stereocenters. The maximum absolute atomic E-state index is 12.0. The van der Waals surface area contributed by atoms with Gasteiger partial charge in [-0.2, -0.15) is 5.10 Å². The van der Waals surface area contributed by atoms with E-state index >= 15 is 0 Å². The van der Waals surface area contributed by atoms with Crippen molar-refractivity contribution in [1.82, 2.24) is 15.1 Å². The number of piperidine rings is 1. The average Bonchev–Trinajstić information content (AvgIpc) is 2.81. The molecule has 1 aliphatic heterocycles. The van der Waals surface area contributed by atoms with Gasteiger partial charge in [-0.3, -0.25) is 9.89 Å². The molecule has 1 aromatic heterocycles. The van der Waals surface area contributed by atoms with Crippen LogP contribution in [0.25, 0.3) is 0 Å². The SMILES string of the molecule is Cl.NCC1CCCCN1C(=O)c1ccn[nH]1. The van der Waals surface area contributed by atoms with Crippen LogP contribution in [0, 0.1) is 0 Å². The number of likely N-dealkylation sites (tertiary alicyclic amines) is 1. The van der Waals surface area contributed by atoms with Crippen LogP contribution in [0.1, 0.15) is 29.8 Å². The van der Waals surface area contributed by atoms with Crippen molar-refractivity contribution in [1.29, 1.82) is 0 Å². The van der Waals surface area contributed by atoms with Crippen LogP contribution in [0.5, 0.6) is 0 Å². The maximum Gasteiger partial charge on any atom is 0.272 e. The van der Waals surface area contributed by atoms with Crippen LogP contribution in [-0.4, -0.2) is 40.1 Å². The van der Waals surface area contributed by atoms with E-state index in [1.165, 1.54) is 0 Å². The van der Waals surface area contributed by atoms with Gasteiger partial charge in [-0.05, 0) is 25.3 Å². The summed E-state index contributed by atoms with van der Waals surface area (Å²) in [5.74, 6) is 0.0163. The lowest BCUT2D eigenvalue weighted by atomic mass is 10.0. The Kier molecular flexibility index (Phi) is 4.76. The fourth-order valence-corrected chi connectivity index (χ4v) is 2.04. The standard InChI is InChI=1S/C10H16N4O.ClH/c11-7-8-3-1-2-6-14(8)10(15)9-4-5-12-13-9;/h4-5,8H,1-3,6-7,11H2,(H,12,13);1H. The number of nitrogens with two attached hydrogens (primary N) is 1. The lowest BCUT2D eigenvalue weighted by Gasteiger charge is -2.34. The average molecular weight is 245 g/mol. The molecule has 1 unspecified atom stereocenters. The van der Waals surface area contributed by atoms with Gasteiger partial charge in [0.15, 0.2) is 0 Å². The molecule has 5 nitrogen and oxygen atoms in total. The van der Waals surface area contributed by atoms with Crippen LogP contribution < -0.4 is 5.73 Å². The molecule has 3 N–H and O–H groups in total. The van der Waals surface area contributed by atoms with Gasteiger partial charge in [-0.15, -0.1) is 12.4 Å². The van der Waals surface area contributed by atoms with Crippen molar-refractivity contribution in [2.75, 3.05) is 13.1 Å². The Bertz CT molecular complexity index is 328. The number of nitrogens with zero attached hydrogens (tertiary/aromatic N) is 2. The van der Waals surface area contributed by atoms with Crippen LogP contribution >= 0.6 is 12.4 Å². The number of hydrogen-bond acceptors (Lipinski definition) is 3. The summed E-state index contributed by atoms with van der Waals surface area (Å²) in [5.41, 5.74) is 6.22. The largest absolute Gasteiger partial charge is 0.333 e. The second kappa shape index (κ2) is 5.86. The Hall–Kier alpha value is -1.07. The number of carbonyl (C=O) groups excluding carboxylic acids is 1. The van der Waals surface area contributed by atoms with Crippen LogP contribution in [0.3, 0.4) is 0 Å². The highest BCUT2D eigenvalue weighted by Crippen LogP contribution is 2.18. The zero-order chi connectivity index (χ0) is 10.7. The summed E-state index contributed by atoms with van der Waals surface area (Å²) < 4.78 is 0. The quantitative estimate of drug-likeness (QED) is 0.808. The fraction of sp³-hybridized carbons (Fsp3) is 0.600. The van der Waals surface area contributed by atoms with E-state index in [2.05, 4.69) is 10.2 Å². The minimum atomic E-state index is 0. The Morgan fingerprint density at radius 3 is 3.06 bits per heavy atom. The number of aromatic nitrogens is 2. The summed E-state index contributed by atoms with van der Waals surface area (Å²) in [5, 5.41) is 6.48. The first kappa shape index (κ1) is 13.0. The van der Waals surface area contributed by atoms with Gasteiger partial charge in [0.05, 0.1) is 0 Å². The molecule has 6 heteroatoms. The van der Waals surface area contributed by atoms with Gasteiger partial charge in [0.25, 0.3) is 5.91 Å². The van der Waals surface area contributed by atoms with Crippen LogP contribution in [0.2, 0.25) is 0 Å². The second-order valence-electron chi connectivity index (χ2n) is 3.85. The summed E-state index contributed by atoms with van der Waals surface area (Å²) in [6, 6.07) is 1.89. The molecule has 0 aliphatic carbocycles. The molecule has 0 spiro atoms. The molecule has 1 saturated heterocycles. The molecular weight excluding hydrogens is 228 g/mol. The van der Waals surface area contributed by atoms with Crippen LogP contribution in [-0.2, 0) is 0 Å². The third-order valence-electron chi connectivity index (χ3n) is 2.89. The number of halogens is 1. The normalized spacial score (nSPS) is 20.3. The van der Waals surface area contributed by atoms with Crippen molar-refractivity contribution in [2.24, 2.45) is 5.73 Å². The second-order valence-corrected chi connectivity index (χ2v) is 3.85. The Balaban J connectivity index is 0.00000128. The van der Waals surface area contributed by atoms with Gasteiger partial charge in [0.1, 0.15) is 5.69 Å². The highest BCUT2D eigenvalue weighted by Gasteiger charge is 2.26. The lowest BCUT2D eigenvalue weighted by molar-refractivity contribution is 0.0617. The van der Waals surface area contributed by atoms with Gasteiger partial charge in [-0.1, -0.05) is 0 Å². The van der Waals surface area contributed by atoms with Crippen molar-refractivity contribution < 1.29 is 4.79 Å². The molecule has 1 aliphatic rings. The third kappa shape index (κ3) is 2.54. The maximum atomic E-state index is 12.0. The van der Waals surface area contributed by atoms with E-state index in [4.69, 9.17) is 5.73 Å². The third-order valence-corrected chi connectivity index (χ3v) is 2.89. The predicted molar refractivity (Wildman–Crippen MR) is 63.6 cm³/mol. The van der Waals surface area contributed by atoms with E-state index in [9.17, 15) is 4.79 Å². The summed E-state index contributed by atoms with van der Waals surface area (Å²) >= 11 is 0. The molecular formula is C10H17ClN4O. The molecule has 1 aromatic rings. The molecule has 0 aromatic carbocycles. The van der Waals surface area contributed by atoms with Crippen LogP contribution in [0.15, 0.2) is 12.3 Å². The van der Waals surface area contributed by atoms with E-state index < -0.39 is 0 Å². The number of amides is 1. The highest BCUT2D eigenvalue weighted by atomic mass is 35.5. The molecule has 2 heterocycles. The molecule has 2 rings (SSSR count). The molecule has 90 valence electrons. The molecule has 1 fully saturated rings. The van der Waals surface area contributed by atoms with Crippen molar-refractivity contribution in [3.05, 3.63) is 18.0 Å². The first-order chi connectivity index (χ1) is 7.33. The van der Waals surface area contributed by atoms with Crippen molar-refractivity contribution in [2.45, 2.75) is 25.3 Å². The van der Waals surface area contributed by atoms with Crippen molar-refractivity contribution in [3.8, 4) is 0 Å². The molecule has 16 heavy (non-hydrogen) atoms. The number of carbonyl (C=O) groups is 1. The molecule has 0 bridgehead atoms. The molecule has 0 saturated carbocycles. The monoisotopic (exact) mass is 244 g/mol. The van der Waals surface area contributed by atoms with E-state index in [-0.39, 0.29) is 24.4 Å². The number of hydrogen-bond donors (Lipinski definition) is 2. The van der Waals surface area contributed by atoms with Crippen molar-refractivity contribution in [3.63, 3.8) is 0 Å². The number of rotatable bonds is 2. The van der Waals surface area contributed by atoms with Gasteiger partial charge in [0.2, 0.25) is 0 Å². The van der Waals surface area contributed by atoms with E-state index in [1.807, 2.05) is 4.90 Å². The predicted octanol–water partition coefficient (Wildman–Crippen LogP) is 0.785. The minimum Gasteiger partial charge on any atom is -0.333 e. The summed E-state index contributed by atoms with van der Waals surface area (Å²) in [6.45, 7) is 1.35. The van der Waals surface area contributed by atoms with E-state index in [1.54, 1.807) is 12.3 Å². The van der Waals surface area contributed by atoms with E-state index in [0.717, 1.165) is 25.8 Å². The van der Waals surface area contributed by atoms with Crippen molar-refractivity contribution >= 4 is 18.3 Å².